The Kier molecular flexibility index (Phi) is 5.22. The lowest BCUT2D eigenvalue weighted by atomic mass is 9.96. The number of hydrogen-bond acceptors (Lipinski definition) is 3. The molecule has 0 aromatic heterocycles. The Hall–Kier alpha value is -0.610. The molecule has 3 nitrogen and oxygen atoms in total. The fraction of sp³-hybridized carbons (Fsp3) is 0.600. The van der Waals surface area contributed by atoms with Gasteiger partial charge in [-0.3, -0.25) is 0 Å². The SMILES string of the molecule is CC1CN(CCC(N)c2ccccc2Cl)CCC1O. The van der Waals surface area contributed by atoms with E-state index in [1.807, 2.05) is 24.3 Å². The summed E-state index contributed by atoms with van der Waals surface area (Å²) < 4.78 is 0. The van der Waals surface area contributed by atoms with Gasteiger partial charge >= 0.3 is 0 Å². The van der Waals surface area contributed by atoms with Gasteiger partial charge in [-0.05, 0) is 36.9 Å². The summed E-state index contributed by atoms with van der Waals surface area (Å²) in [5, 5.41) is 10.5. The van der Waals surface area contributed by atoms with Gasteiger partial charge in [-0.1, -0.05) is 36.7 Å². The Morgan fingerprint density at radius 2 is 2.21 bits per heavy atom. The molecular formula is C15H23ClN2O. The highest BCUT2D eigenvalue weighted by molar-refractivity contribution is 6.31. The van der Waals surface area contributed by atoms with Crippen LogP contribution in [0, 0.1) is 5.92 Å². The Bertz CT molecular complexity index is 413. The molecular weight excluding hydrogens is 260 g/mol. The van der Waals surface area contributed by atoms with Crippen LogP contribution in [0.1, 0.15) is 31.4 Å². The van der Waals surface area contributed by atoms with E-state index in [4.69, 9.17) is 17.3 Å². The summed E-state index contributed by atoms with van der Waals surface area (Å²) >= 11 is 6.16. The normalized spacial score (nSPS) is 26.3. The van der Waals surface area contributed by atoms with Gasteiger partial charge in [0.25, 0.3) is 0 Å². The summed E-state index contributed by atoms with van der Waals surface area (Å²) in [6.45, 7) is 4.98. The summed E-state index contributed by atoms with van der Waals surface area (Å²) in [5.41, 5.74) is 7.24. The Balaban J connectivity index is 1.84. The highest BCUT2D eigenvalue weighted by atomic mass is 35.5. The molecule has 2 rings (SSSR count). The van der Waals surface area contributed by atoms with Gasteiger partial charge in [-0.2, -0.15) is 0 Å². The van der Waals surface area contributed by atoms with Gasteiger partial charge in [0.15, 0.2) is 0 Å². The second-order valence-corrected chi connectivity index (χ2v) is 5.96. The predicted molar refractivity (Wildman–Crippen MR) is 79.2 cm³/mol. The second kappa shape index (κ2) is 6.71. The summed E-state index contributed by atoms with van der Waals surface area (Å²) in [4.78, 5) is 2.38. The van der Waals surface area contributed by atoms with Crippen LogP contribution in [0.4, 0.5) is 0 Å². The van der Waals surface area contributed by atoms with Crippen molar-refractivity contribution in [3.8, 4) is 0 Å². The molecule has 3 N–H and O–H groups in total. The molecule has 0 spiro atoms. The molecule has 3 atom stereocenters. The van der Waals surface area contributed by atoms with Gasteiger partial charge in [-0.15, -0.1) is 0 Å². The lowest BCUT2D eigenvalue weighted by Gasteiger charge is -2.34. The molecule has 1 aromatic carbocycles. The average molecular weight is 283 g/mol. The Morgan fingerprint density at radius 1 is 1.47 bits per heavy atom. The average Bonchev–Trinajstić information content (AvgIpc) is 2.40. The second-order valence-electron chi connectivity index (χ2n) is 5.55. The molecule has 4 heteroatoms. The van der Waals surface area contributed by atoms with Crippen LogP contribution >= 0.6 is 11.6 Å². The zero-order valence-corrected chi connectivity index (χ0v) is 12.2. The number of halogens is 1. The standard InChI is InChI=1S/C15H23ClN2O/c1-11-10-18(9-7-15(11)19)8-6-14(17)12-4-2-3-5-13(12)16/h2-5,11,14-15,19H,6-10,17H2,1H3. The first-order chi connectivity index (χ1) is 9.08. The van der Waals surface area contributed by atoms with E-state index in [0.29, 0.717) is 5.92 Å². The number of hydrogen-bond donors (Lipinski definition) is 2. The number of nitrogens with zero attached hydrogens (tertiary/aromatic N) is 1. The van der Waals surface area contributed by atoms with E-state index in [9.17, 15) is 5.11 Å². The van der Waals surface area contributed by atoms with Crippen LogP contribution in [0.2, 0.25) is 5.02 Å². The van der Waals surface area contributed by atoms with E-state index in [0.717, 1.165) is 43.1 Å². The third-order valence-electron chi connectivity index (χ3n) is 4.01. The van der Waals surface area contributed by atoms with E-state index in [1.165, 1.54) is 0 Å². The maximum Gasteiger partial charge on any atom is 0.0590 e. The summed E-state index contributed by atoms with van der Waals surface area (Å²) in [6, 6.07) is 7.76. The van der Waals surface area contributed by atoms with Crippen LogP contribution in [0.5, 0.6) is 0 Å². The van der Waals surface area contributed by atoms with Gasteiger partial charge in [0, 0.05) is 24.2 Å². The summed E-state index contributed by atoms with van der Waals surface area (Å²) in [6.07, 6.45) is 1.61. The van der Waals surface area contributed by atoms with Crippen molar-refractivity contribution in [1.82, 2.24) is 4.90 Å². The minimum Gasteiger partial charge on any atom is -0.393 e. The molecule has 1 saturated heterocycles. The van der Waals surface area contributed by atoms with Crippen LogP contribution in [0.15, 0.2) is 24.3 Å². The van der Waals surface area contributed by atoms with Crippen LogP contribution in [0.25, 0.3) is 0 Å². The summed E-state index contributed by atoms with van der Waals surface area (Å²) in [7, 11) is 0. The molecule has 0 bridgehead atoms. The first kappa shape index (κ1) is 14.8. The topological polar surface area (TPSA) is 49.5 Å². The van der Waals surface area contributed by atoms with E-state index in [-0.39, 0.29) is 12.1 Å². The maximum absolute atomic E-state index is 9.72. The van der Waals surface area contributed by atoms with Crippen molar-refractivity contribution in [2.24, 2.45) is 11.7 Å². The number of aliphatic hydroxyl groups is 1. The first-order valence-corrected chi connectivity index (χ1v) is 7.36. The fourth-order valence-electron chi connectivity index (χ4n) is 2.68. The van der Waals surface area contributed by atoms with Crippen molar-refractivity contribution in [1.29, 1.82) is 0 Å². The largest absolute Gasteiger partial charge is 0.393 e. The quantitative estimate of drug-likeness (QED) is 0.892. The van der Waals surface area contributed by atoms with Gasteiger partial charge in [0.05, 0.1) is 6.10 Å². The molecule has 19 heavy (non-hydrogen) atoms. The maximum atomic E-state index is 9.72. The van der Waals surface area contributed by atoms with Crippen molar-refractivity contribution in [2.45, 2.75) is 31.9 Å². The molecule has 1 aromatic rings. The first-order valence-electron chi connectivity index (χ1n) is 6.98. The molecule has 0 amide bonds. The third kappa shape index (κ3) is 3.93. The smallest absolute Gasteiger partial charge is 0.0590 e. The van der Waals surface area contributed by atoms with Gasteiger partial charge < -0.3 is 15.7 Å². The van der Waals surface area contributed by atoms with E-state index in [1.54, 1.807) is 0 Å². The molecule has 1 fully saturated rings. The van der Waals surface area contributed by atoms with Crippen LogP contribution in [-0.2, 0) is 0 Å². The van der Waals surface area contributed by atoms with Gasteiger partial charge in [-0.25, -0.2) is 0 Å². The molecule has 0 saturated carbocycles. The highest BCUT2D eigenvalue weighted by Gasteiger charge is 2.24. The van der Waals surface area contributed by atoms with Crippen molar-refractivity contribution in [3.05, 3.63) is 34.9 Å². The van der Waals surface area contributed by atoms with Gasteiger partial charge in [0.2, 0.25) is 0 Å². The minimum absolute atomic E-state index is 0.0177. The Morgan fingerprint density at radius 3 is 2.89 bits per heavy atom. The van der Waals surface area contributed by atoms with E-state index < -0.39 is 0 Å². The van der Waals surface area contributed by atoms with Crippen molar-refractivity contribution in [3.63, 3.8) is 0 Å². The number of likely N-dealkylation sites (tertiary alicyclic amines) is 1. The number of nitrogens with two attached hydrogens (primary N) is 1. The molecule has 3 unspecified atom stereocenters. The molecule has 106 valence electrons. The van der Waals surface area contributed by atoms with Crippen molar-refractivity contribution >= 4 is 11.6 Å². The predicted octanol–water partition coefficient (Wildman–Crippen LogP) is 2.43. The highest BCUT2D eigenvalue weighted by Crippen LogP contribution is 2.24. The monoisotopic (exact) mass is 282 g/mol. The number of piperidine rings is 1. The van der Waals surface area contributed by atoms with Crippen molar-refractivity contribution < 1.29 is 5.11 Å². The lowest BCUT2D eigenvalue weighted by molar-refractivity contribution is 0.0341. The lowest BCUT2D eigenvalue weighted by Crippen LogP contribution is -2.42. The van der Waals surface area contributed by atoms with Crippen LogP contribution in [-0.4, -0.2) is 35.7 Å². The zero-order chi connectivity index (χ0) is 13.8. The molecule has 0 aliphatic carbocycles. The third-order valence-corrected chi connectivity index (χ3v) is 4.35. The van der Waals surface area contributed by atoms with E-state index in [2.05, 4.69) is 11.8 Å². The minimum atomic E-state index is -0.145. The molecule has 1 aliphatic rings. The Labute approximate surface area is 120 Å². The number of rotatable bonds is 4. The van der Waals surface area contributed by atoms with Crippen LogP contribution < -0.4 is 5.73 Å². The number of benzene rings is 1. The van der Waals surface area contributed by atoms with Crippen LogP contribution in [0.3, 0.4) is 0 Å². The molecule has 1 aliphatic heterocycles. The van der Waals surface area contributed by atoms with Crippen molar-refractivity contribution in [2.75, 3.05) is 19.6 Å². The zero-order valence-electron chi connectivity index (χ0n) is 11.4. The fourth-order valence-corrected chi connectivity index (χ4v) is 2.95. The van der Waals surface area contributed by atoms with Gasteiger partial charge in [0.1, 0.15) is 0 Å². The van der Waals surface area contributed by atoms with E-state index >= 15 is 0 Å². The molecule has 1 heterocycles. The summed E-state index contributed by atoms with van der Waals surface area (Å²) in [5.74, 6) is 0.352. The molecule has 0 radical (unpaired) electrons. The number of aliphatic hydroxyl groups excluding tert-OH is 1.